The van der Waals surface area contributed by atoms with Crippen molar-refractivity contribution in [3.63, 3.8) is 0 Å². The SMILES string of the molecule is Oc1ccc(-c2nc3ccc(Cl)cc3n2C2CC2)cc1O. The minimum absolute atomic E-state index is 0.129. The molecule has 4 nitrogen and oxygen atoms in total. The van der Waals surface area contributed by atoms with Crippen molar-refractivity contribution >= 4 is 22.6 Å². The Labute approximate surface area is 126 Å². The number of imidazole rings is 1. The maximum atomic E-state index is 9.72. The molecule has 3 aromatic rings. The number of aromatic hydroxyl groups is 2. The van der Waals surface area contributed by atoms with Crippen molar-refractivity contribution in [2.75, 3.05) is 0 Å². The number of phenolic OH excluding ortho intramolecular Hbond substituents is 2. The first-order chi connectivity index (χ1) is 10.1. The molecule has 2 N–H and O–H groups in total. The van der Waals surface area contributed by atoms with Gasteiger partial charge in [-0.15, -0.1) is 0 Å². The van der Waals surface area contributed by atoms with Crippen molar-refractivity contribution < 1.29 is 10.2 Å². The molecule has 0 bridgehead atoms. The molecule has 4 rings (SSSR count). The molecule has 2 aromatic carbocycles. The summed E-state index contributed by atoms with van der Waals surface area (Å²) < 4.78 is 2.17. The summed E-state index contributed by atoms with van der Waals surface area (Å²) in [6.07, 6.45) is 2.24. The molecule has 21 heavy (non-hydrogen) atoms. The third kappa shape index (κ3) is 2.03. The number of rotatable bonds is 2. The zero-order valence-corrected chi connectivity index (χ0v) is 11.9. The van der Waals surface area contributed by atoms with E-state index >= 15 is 0 Å². The number of fused-ring (bicyclic) bond motifs is 1. The number of aromatic nitrogens is 2. The van der Waals surface area contributed by atoms with E-state index in [-0.39, 0.29) is 11.5 Å². The van der Waals surface area contributed by atoms with E-state index in [0.29, 0.717) is 11.1 Å². The second-order valence-corrected chi connectivity index (χ2v) is 5.81. The average Bonchev–Trinajstić information content (AvgIpc) is 3.23. The van der Waals surface area contributed by atoms with Crippen molar-refractivity contribution in [1.82, 2.24) is 9.55 Å². The maximum absolute atomic E-state index is 9.72. The molecule has 0 saturated heterocycles. The van der Waals surface area contributed by atoms with Crippen LogP contribution in [0.15, 0.2) is 36.4 Å². The zero-order chi connectivity index (χ0) is 14.6. The molecule has 0 unspecified atom stereocenters. The Morgan fingerprint density at radius 2 is 1.86 bits per heavy atom. The monoisotopic (exact) mass is 300 g/mol. The van der Waals surface area contributed by atoms with E-state index in [2.05, 4.69) is 9.55 Å². The molecule has 1 heterocycles. The normalized spacial score (nSPS) is 14.7. The van der Waals surface area contributed by atoms with E-state index in [0.717, 1.165) is 35.3 Å². The fourth-order valence-corrected chi connectivity index (χ4v) is 2.80. The zero-order valence-electron chi connectivity index (χ0n) is 11.1. The Bertz CT molecular complexity index is 853. The largest absolute Gasteiger partial charge is 0.504 e. The van der Waals surface area contributed by atoms with Crippen molar-refractivity contribution in [1.29, 1.82) is 0 Å². The highest BCUT2D eigenvalue weighted by molar-refractivity contribution is 6.31. The van der Waals surface area contributed by atoms with Gasteiger partial charge >= 0.3 is 0 Å². The van der Waals surface area contributed by atoms with Crippen LogP contribution in [0.5, 0.6) is 11.5 Å². The van der Waals surface area contributed by atoms with Crippen molar-refractivity contribution in [2.24, 2.45) is 0 Å². The second kappa shape index (κ2) is 4.40. The Morgan fingerprint density at radius 3 is 2.57 bits per heavy atom. The Kier molecular flexibility index (Phi) is 2.62. The number of hydrogen-bond donors (Lipinski definition) is 2. The minimum Gasteiger partial charge on any atom is -0.504 e. The maximum Gasteiger partial charge on any atom is 0.158 e. The fourth-order valence-electron chi connectivity index (χ4n) is 2.63. The van der Waals surface area contributed by atoms with Crippen LogP contribution in [0.3, 0.4) is 0 Å². The summed E-state index contributed by atoms with van der Waals surface area (Å²) in [6, 6.07) is 10.9. The molecular weight excluding hydrogens is 288 g/mol. The Morgan fingerprint density at radius 1 is 1.05 bits per heavy atom. The van der Waals surface area contributed by atoms with Crippen molar-refractivity contribution in [3.05, 3.63) is 41.4 Å². The third-order valence-corrected chi connectivity index (χ3v) is 4.03. The Hall–Kier alpha value is -2.20. The lowest BCUT2D eigenvalue weighted by Gasteiger charge is -2.08. The van der Waals surface area contributed by atoms with Crippen molar-refractivity contribution in [2.45, 2.75) is 18.9 Å². The summed E-state index contributed by atoms with van der Waals surface area (Å²) in [5, 5.41) is 19.9. The molecule has 0 aliphatic heterocycles. The molecule has 0 amide bonds. The highest BCUT2D eigenvalue weighted by Crippen LogP contribution is 2.42. The number of benzene rings is 2. The molecular formula is C16H13ClN2O2. The molecule has 1 aliphatic carbocycles. The molecule has 0 radical (unpaired) electrons. The van der Waals surface area contributed by atoms with Crippen LogP contribution in [-0.4, -0.2) is 19.8 Å². The lowest BCUT2D eigenvalue weighted by molar-refractivity contribution is 0.404. The quantitative estimate of drug-likeness (QED) is 0.700. The predicted molar refractivity (Wildman–Crippen MR) is 81.8 cm³/mol. The standard InChI is InChI=1S/C16H13ClN2O2/c17-10-2-5-12-13(8-10)19(11-3-4-11)16(18-12)9-1-6-14(20)15(21)7-9/h1-2,5-8,11,20-21H,3-4H2. The number of halogens is 1. The molecule has 0 spiro atoms. The van der Waals surface area contributed by atoms with E-state index in [1.807, 2.05) is 18.2 Å². The lowest BCUT2D eigenvalue weighted by atomic mass is 10.2. The number of nitrogens with zero attached hydrogens (tertiary/aromatic N) is 2. The van der Waals surface area contributed by atoms with Crippen LogP contribution >= 0.6 is 11.6 Å². The summed E-state index contributed by atoms with van der Waals surface area (Å²) in [4.78, 5) is 4.67. The average molecular weight is 301 g/mol. The van der Waals surface area contributed by atoms with Crippen LogP contribution in [0.2, 0.25) is 5.02 Å². The predicted octanol–water partition coefficient (Wildman–Crippen LogP) is 4.10. The summed E-state index contributed by atoms with van der Waals surface area (Å²) in [6.45, 7) is 0. The molecule has 5 heteroatoms. The Balaban J connectivity index is 1.99. The van der Waals surface area contributed by atoms with Gasteiger partial charge in [0.2, 0.25) is 0 Å². The molecule has 106 valence electrons. The molecule has 1 aliphatic rings. The number of hydrogen-bond acceptors (Lipinski definition) is 3. The summed E-state index contributed by atoms with van der Waals surface area (Å²) >= 11 is 6.10. The van der Waals surface area contributed by atoms with Crippen LogP contribution < -0.4 is 0 Å². The second-order valence-electron chi connectivity index (χ2n) is 5.37. The highest BCUT2D eigenvalue weighted by Gasteiger charge is 2.29. The first kappa shape index (κ1) is 12.5. The van der Waals surface area contributed by atoms with Gasteiger partial charge in [-0.05, 0) is 49.2 Å². The summed E-state index contributed by atoms with van der Waals surface area (Å²) in [5.74, 6) is 0.529. The first-order valence-corrected chi connectivity index (χ1v) is 7.21. The number of phenols is 2. The smallest absolute Gasteiger partial charge is 0.158 e. The van der Waals surface area contributed by atoms with Gasteiger partial charge in [-0.2, -0.15) is 0 Å². The van der Waals surface area contributed by atoms with E-state index in [1.165, 1.54) is 12.1 Å². The lowest BCUT2D eigenvalue weighted by Crippen LogP contribution is -1.97. The minimum atomic E-state index is -0.139. The van der Waals surface area contributed by atoms with Gasteiger partial charge in [-0.1, -0.05) is 11.6 Å². The van der Waals surface area contributed by atoms with Crippen LogP contribution in [0.4, 0.5) is 0 Å². The van der Waals surface area contributed by atoms with E-state index < -0.39 is 0 Å². The summed E-state index contributed by atoms with van der Waals surface area (Å²) in [7, 11) is 0. The van der Waals surface area contributed by atoms with Crippen molar-refractivity contribution in [3.8, 4) is 22.9 Å². The van der Waals surface area contributed by atoms with Gasteiger partial charge in [0.25, 0.3) is 0 Å². The van der Waals surface area contributed by atoms with Crippen LogP contribution in [-0.2, 0) is 0 Å². The molecule has 0 atom stereocenters. The molecule has 1 aromatic heterocycles. The van der Waals surface area contributed by atoms with Crippen LogP contribution in [0.25, 0.3) is 22.4 Å². The molecule has 1 saturated carbocycles. The topological polar surface area (TPSA) is 58.3 Å². The fraction of sp³-hybridized carbons (Fsp3) is 0.188. The third-order valence-electron chi connectivity index (χ3n) is 3.80. The van der Waals surface area contributed by atoms with Gasteiger partial charge in [0.1, 0.15) is 5.82 Å². The van der Waals surface area contributed by atoms with Gasteiger partial charge in [-0.3, -0.25) is 0 Å². The van der Waals surface area contributed by atoms with Gasteiger partial charge < -0.3 is 14.8 Å². The molecule has 1 fully saturated rings. The van der Waals surface area contributed by atoms with Gasteiger partial charge in [0.15, 0.2) is 11.5 Å². The van der Waals surface area contributed by atoms with E-state index in [4.69, 9.17) is 11.6 Å². The van der Waals surface area contributed by atoms with Gasteiger partial charge in [-0.25, -0.2) is 4.98 Å². The van der Waals surface area contributed by atoms with E-state index in [9.17, 15) is 10.2 Å². The summed E-state index contributed by atoms with van der Waals surface area (Å²) in [5.41, 5.74) is 2.67. The van der Waals surface area contributed by atoms with Crippen LogP contribution in [0.1, 0.15) is 18.9 Å². The van der Waals surface area contributed by atoms with Gasteiger partial charge in [0.05, 0.1) is 11.0 Å². The van der Waals surface area contributed by atoms with Gasteiger partial charge in [0, 0.05) is 16.6 Å². The van der Waals surface area contributed by atoms with E-state index in [1.54, 1.807) is 6.07 Å². The first-order valence-electron chi connectivity index (χ1n) is 6.83. The highest BCUT2D eigenvalue weighted by atomic mass is 35.5. The van der Waals surface area contributed by atoms with Crippen LogP contribution in [0, 0.1) is 0 Å².